The van der Waals surface area contributed by atoms with Crippen LogP contribution in [0.3, 0.4) is 0 Å². The number of nitrogens with zero attached hydrogens (tertiary/aromatic N) is 1. The van der Waals surface area contributed by atoms with Crippen LogP contribution in [0.4, 0.5) is 11.4 Å². The third kappa shape index (κ3) is 3.05. The van der Waals surface area contributed by atoms with Crippen LogP contribution in [-0.2, 0) is 4.79 Å². The molecule has 1 aromatic heterocycles. The Balaban J connectivity index is 1.49. The summed E-state index contributed by atoms with van der Waals surface area (Å²) >= 11 is 0. The standard InChI is InChI=1S/C21H24N4O2/c1-12-18(13(2)25-24-12)23-19(26)15-5-4-6-17(10-15)22-20(27)21(3)11-14-7-8-16(21)9-14/h4-8,10,14,16H,9,11H2,1-3H3,(H,22,27)(H,23,26)(H,24,25)/t14-,16-,21+/m0/s1. The van der Waals surface area contributed by atoms with Gasteiger partial charge in [-0.25, -0.2) is 0 Å². The van der Waals surface area contributed by atoms with Gasteiger partial charge in [0, 0.05) is 11.3 Å². The summed E-state index contributed by atoms with van der Waals surface area (Å²) in [7, 11) is 0. The number of aromatic nitrogens is 2. The fourth-order valence-corrected chi connectivity index (χ4v) is 4.29. The molecule has 27 heavy (non-hydrogen) atoms. The Morgan fingerprint density at radius 1 is 1.22 bits per heavy atom. The number of aromatic amines is 1. The summed E-state index contributed by atoms with van der Waals surface area (Å²) in [6.45, 7) is 5.73. The van der Waals surface area contributed by atoms with Gasteiger partial charge in [-0.15, -0.1) is 0 Å². The molecule has 1 aromatic carbocycles. The number of allylic oxidation sites excluding steroid dienone is 2. The van der Waals surface area contributed by atoms with Gasteiger partial charge in [0.15, 0.2) is 0 Å². The number of benzene rings is 1. The molecule has 1 saturated carbocycles. The number of hydrogen-bond donors (Lipinski definition) is 3. The summed E-state index contributed by atoms with van der Waals surface area (Å²) in [5, 5.41) is 12.8. The van der Waals surface area contributed by atoms with Gasteiger partial charge in [0.1, 0.15) is 0 Å². The largest absolute Gasteiger partial charge is 0.326 e. The molecule has 0 saturated heterocycles. The second-order valence-electron chi connectivity index (χ2n) is 7.91. The first-order valence-electron chi connectivity index (χ1n) is 9.29. The zero-order valence-electron chi connectivity index (χ0n) is 15.8. The number of carbonyl (C=O) groups is 2. The van der Waals surface area contributed by atoms with E-state index < -0.39 is 0 Å². The maximum atomic E-state index is 12.9. The number of hydrogen-bond acceptors (Lipinski definition) is 3. The number of fused-ring (bicyclic) bond motifs is 2. The molecule has 6 nitrogen and oxygen atoms in total. The molecule has 4 rings (SSSR count). The van der Waals surface area contributed by atoms with E-state index in [1.54, 1.807) is 18.2 Å². The highest BCUT2D eigenvalue weighted by Crippen LogP contribution is 2.52. The first-order chi connectivity index (χ1) is 12.9. The van der Waals surface area contributed by atoms with Gasteiger partial charge in [0.2, 0.25) is 5.91 Å². The molecule has 6 heteroatoms. The molecule has 2 amide bonds. The summed E-state index contributed by atoms with van der Waals surface area (Å²) in [6, 6.07) is 7.04. The van der Waals surface area contributed by atoms with Gasteiger partial charge in [-0.05, 0) is 56.7 Å². The van der Waals surface area contributed by atoms with E-state index in [2.05, 4.69) is 33.0 Å². The van der Waals surface area contributed by atoms with Crippen molar-refractivity contribution in [3.05, 3.63) is 53.4 Å². The Morgan fingerprint density at radius 3 is 2.67 bits per heavy atom. The second kappa shape index (κ2) is 6.37. The molecule has 2 bridgehead atoms. The van der Waals surface area contributed by atoms with Gasteiger partial charge in [-0.3, -0.25) is 14.7 Å². The van der Waals surface area contributed by atoms with Crippen LogP contribution >= 0.6 is 0 Å². The van der Waals surface area contributed by atoms with Crippen molar-refractivity contribution < 1.29 is 9.59 Å². The van der Waals surface area contributed by atoms with Crippen molar-refractivity contribution in [2.75, 3.05) is 10.6 Å². The third-order valence-corrected chi connectivity index (χ3v) is 5.94. The Bertz CT molecular complexity index is 926. The van der Waals surface area contributed by atoms with Gasteiger partial charge in [0.05, 0.1) is 22.5 Å². The van der Waals surface area contributed by atoms with Gasteiger partial charge < -0.3 is 10.6 Å². The Labute approximate surface area is 158 Å². The molecule has 2 aliphatic rings. The molecular formula is C21H24N4O2. The molecule has 0 spiro atoms. The summed E-state index contributed by atoms with van der Waals surface area (Å²) in [6.07, 6.45) is 6.35. The molecule has 2 aliphatic carbocycles. The predicted octanol–water partition coefficient (Wildman–Crippen LogP) is 3.82. The van der Waals surface area contributed by atoms with Crippen molar-refractivity contribution in [2.45, 2.75) is 33.6 Å². The topological polar surface area (TPSA) is 86.9 Å². The second-order valence-corrected chi connectivity index (χ2v) is 7.91. The quantitative estimate of drug-likeness (QED) is 0.721. The lowest BCUT2D eigenvalue weighted by molar-refractivity contribution is -0.126. The fourth-order valence-electron chi connectivity index (χ4n) is 4.29. The smallest absolute Gasteiger partial charge is 0.255 e. The zero-order valence-corrected chi connectivity index (χ0v) is 15.8. The van der Waals surface area contributed by atoms with Crippen LogP contribution < -0.4 is 10.6 Å². The molecule has 1 heterocycles. The van der Waals surface area contributed by atoms with Crippen molar-refractivity contribution >= 4 is 23.2 Å². The Morgan fingerprint density at radius 2 is 2.04 bits per heavy atom. The normalized spacial score (nSPS) is 25.6. The average molecular weight is 364 g/mol. The van der Waals surface area contributed by atoms with Crippen molar-refractivity contribution in [1.82, 2.24) is 10.2 Å². The lowest BCUT2D eigenvalue weighted by Crippen LogP contribution is -2.36. The molecule has 3 N–H and O–H groups in total. The van der Waals surface area contributed by atoms with E-state index >= 15 is 0 Å². The molecule has 0 radical (unpaired) electrons. The SMILES string of the molecule is Cc1n[nH]c(C)c1NC(=O)c1cccc(NC(=O)[C@]2(C)C[C@H]3C=C[C@H]2C3)c1. The van der Waals surface area contributed by atoms with Crippen molar-refractivity contribution in [3.8, 4) is 0 Å². The van der Waals surface area contributed by atoms with Crippen LogP contribution in [0.2, 0.25) is 0 Å². The highest BCUT2D eigenvalue weighted by atomic mass is 16.2. The van der Waals surface area contributed by atoms with Crippen LogP contribution in [0.1, 0.15) is 41.5 Å². The maximum Gasteiger partial charge on any atom is 0.255 e. The number of carbonyl (C=O) groups excluding carboxylic acids is 2. The summed E-state index contributed by atoms with van der Waals surface area (Å²) in [4.78, 5) is 25.5. The number of amides is 2. The molecule has 1 fully saturated rings. The molecule has 140 valence electrons. The summed E-state index contributed by atoms with van der Waals surface area (Å²) in [5.41, 5.74) is 3.00. The van der Waals surface area contributed by atoms with E-state index in [0.717, 1.165) is 24.2 Å². The van der Waals surface area contributed by atoms with E-state index in [0.29, 0.717) is 28.8 Å². The number of rotatable bonds is 4. The summed E-state index contributed by atoms with van der Waals surface area (Å²) < 4.78 is 0. The van der Waals surface area contributed by atoms with Gasteiger partial charge in [-0.1, -0.05) is 25.1 Å². The number of anilines is 2. The van der Waals surface area contributed by atoms with E-state index in [9.17, 15) is 9.59 Å². The number of aryl methyl sites for hydroxylation is 2. The van der Waals surface area contributed by atoms with Crippen molar-refractivity contribution in [2.24, 2.45) is 17.3 Å². The Kier molecular flexibility index (Phi) is 4.13. The van der Waals surface area contributed by atoms with Crippen LogP contribution in [-0.4, -0.2) is 22.0 Å². The van der Waals surface area contributed by atoms with E-state index in [4.69, 9.17) is 0 Å². The fraction of sp³-hybridized carbons (Fsp3) is 0.381. The highest BCUT2D eigenvalue weighted by Gasteiger charge is 2.49. The van der Waals surface area contributed by atoms with Gasteiger partial charge in [-0.2, -0.15) is 5.10 Å². The van der Waals surface area contributed by atoms with Crippen LogP contribution in [0.15, 0.2) is 36.4 Å². The Hall–Kier alpha value is -2.89. The minimum Gasteiger partial charge on any atom is -0.326 e. The van der Waals surface area contributed by atoms with E-state index in [1.165, 1.54) is 0 Å². The van der Waals surface area contributed by atoms with E-state index in [1.807, 2.05) is 26.8 Å². The first kappa shape index (κ1) is 17.5. The predicted molar refractivity (Wildman–Crippen MR) is 105 cm³/mol. The number of nitrogens with one attached hydrogen (secondary N) is 3. The van der Waals surface area contributed by atoms with Gasteiger partial charge >= 0.3 is 0 Å². The van der Waals surface area contributed by atoms with Crippen LogP contribution in [0.25, 0.3) is 0 Å². The molecule has 2 aromatic rings. The monoisotopic (exact) mass is 364 g/mol. The minimum absolute atomic E-state index is 0.0263. The lowest BCUT2D eigenvalue weighted by atomic mass is 9.77. The van der Waals surface area contributed by atoms with Gasteiger partial charge in [0.25, 0.3) is 5.91 Å². The molecule has 0 aliphatic heterocycles. The highest BCUT2D eigenvalue weighted by molar-refractivity contribution is 6.06. The van der Waals surface area contributed by atoms with E-state index in [-0.39, 0.29) is 17.2 Å². The molecular weight excluding hydrogens is 340 g/mol. The first-order valence-corrected chi connectivity index (χ1v) is 9.29. The molecule has 3 atom stereocenters. The number of H-pyrrole nitrogens is 1. The van der Waals surface area contributed by atoms with Crippen molar-refractivity contribution in [1.29, 1.82) is 0 Å². The van der Waals surface area contributed by atoms with Crippen LogP contribution in [0, 0.1) is 31.1 Å². The average Bonchev–Trinajstić information content (AvgIpc) is 3.33. The third-order valence-electron chi connectivity index (χ3n) is 5.94. The molecule has 0 unspecified atom stereocenters. The minimum atomic E-state index is -0.372. The maximum absolute atomic E-state index is 12.9. The van der Waals surface area contributed by atoms with Crippen LogP contribution in [0.5, 0.6) is 0 Å². The van der Waals surface area contributed by atoms with Crippen molar-refractivity contribution in [3.63, 3.8) is 0 Å². The zero-order chi connectivity index (χ0) is 19.2. The summed E-state index contributed by atoms with van der Waals surface area (Å²) in [5.74, 6) is 0.622. The lowest BCUT2D eigenvalue weighted by Gasteiger charge is -2.29.